The molecule has 0 saturated carbocycles. The molecule has 0 aliphatic carbocycles. The number of nitrogens with two attached hydrogens (primary N) is 1. The quantitative estimate of drug-likeness (QED) is 0.826. The number of aromatic nitrogens is 2. The van der Waals surface area contributed by atoms with Gasteiger partial charge in [0.2, 0.25) is 0 Å². The van der Waals surface area contributed by atoms with Gasteiger partial charge in [-0.3, -0.25) is 0 Å². The Morgan fingerprint density at radius 3 is 2.75 bits per heavy atom. The van der Waals surface area contributed by atoms with Gasteiger partial charge in [-0.25, -0.2) is 0 Å². The van der Waals surface area contributed by atoms with E-state index in [1.165, 1.54) is 0 Å². The van der Waals surface area contributed by atoms with Gasteiger partial charge in [0.25, 0.3) is 0 Å². The highest BCUT2D eigenvalue weighted by molar-refractivity contribution is 6.29. The molecule has 0 bridgehead atoms. The van der Waals surface area contributed by atoms with Crippen molar-refractivity contribution in [1.29, 1.82) is 0 Å². The molecule has 0 aromatic carbocycles. The van der Waals surface area contributed by atoms with E-state index < -0.39 is 0 Å². The maximum atomic E-state index is 5.73. The average Bonchev–Trinajstić information content (AvgIpc) is 2.23. The zero-order valence-electron chi connectivity index (χ0n) is 9.70. The van der Waals surface area contributed by atoms with Crippen molar-refractivity contribution in [2.24, 2.45) is 5.92 Å². The molecule has 3 N–H and O–H groups in total. The van der Waals surface area contributed by atoms with E-state index in [0.717, 1.165) is 0 Å². The van der Waals surface area contributed by atoms with E-state index >= 15 is 0 Å². The van der Waals surface area contributed by atoms with Gasteiger partial charge in [0.05, 0.1) is 11.8 Å². The van der Waals surface area contributed by atoms with Gasteiger partial charge in [0, 0.05) is 19.7 Å². The molecule has 90 valence electrons. The summed E-state index contributed by atoms with van der Waals surface area (Å²) in [5.74, 6) is 0.756. The number of anilines is 2. The number of hydrogen-bond acceptors (Lipinski definition) is 5. The summed E-state index contributed by atoms with van der Waals surface area (Å²) in [6.07, 6.45) is 0.117. The monoisotopic (exact) mass is 244 g/mol. The predicted octanol–water partition coefficient (Wildman–Crippen LogP) is 1.80. The molecule has 1 rings (SSSR count). The lowest BCUT2D eigenvalue weighted by Crippen LogP contribution is -2.27. The van der Waals surface area contributed by atoms with Crippen molar-refractivity contribution in [2.75, 3.05) is 24.7 Å². The Kier molecular flexibility index (Phi) is 4.76. The summed E-state index contributed by atoms with van der Waals surface area (Å²) in [7, 11) is 1.69. The summed E-state index contributed by atoms with van der Waals surface area (Å²) < 4.78 is 5.33. The Bertz CT molecular complexity index is 346. The summed E-state index contributed by atoms with van der Waals surface area (Å²) >= 11 is 5.73. The largest absolute Gasteiger partial charge is 0.380 e. The van der Waals surface area contributed by atoms with Crippen LogP contribution >= 0.6 is 11.6 Å². The van der Waals surface area contributed by atoms with Crippen LogP contribution < -0.4 is 11.1 Å². The van der Waals surface area contributed by atoms with Crippen LogP contribution in [-0.2, 0) is 4.74 Å². The van der Waals surface area contributed by atoms with Gasteiger partial charge in [0.1, 0.15) is 0 Å². The number of ether oxygens (including phenoxy) is 1. The van der Waals surface area contributed by atoms with Gasteiger partial charge in [0.15, 0.2) is 11.0 Å². The van der Waals surface area contributed by atoms with Gasteiger partial charge >= 0.3 is 0 Å². The second kappa shape index (κ2) is 5.86. The molecule has 6 heteroatoms. The van der Waals surface area contributed by atoms with Crippen LogP contribution in [0, 0.1) is 5.92 Å². The van der Waals surface area contributed by atoms with Crippen molar-refractivity contribution in [3.63, 3.8) is 0 Å². The first-order valence-corrected chi connectivity index (χ1v) is 5.47. The molecule has 1 unspecified atom stereocenters. The standard InChI is InChI=1S/C10H17ClN4O/c1-6(2)8(16-3)5-13-7-4-9(11)14-15-10(7)12/h4,6,8H,5H2,1-3H3,(H2,12,15)(H,13,14). The maximum Gasteiger partial charge on any atom is 0.169 e. The number of halogens is 1. The third-order valence-electron chi connectivity index (χ3n) is 2.33. The number of hydrogen-bond donors (Lipinski definition) is 2. The van der Waals surface area contributed by atoms with Crippen molar-refractivity contribution < 1.29 is 4.74 Å². The Morgan fingerprint density at radius 1 is 1.50 bits per heavy atom. The fourth-order valence-corrected chi connectivity index (χ4v) is 1.47. The zero-order chi connectivity index (χ0) is 12.1. The molecule has 1 aromatic heterocycles. The van der Waals surface area contributed by atoms with Crippen molar-refractivity contribution in [1.82, 2.24) is 10.2 Å². The molecule has 0 aliphatic rings. The molecule has 0 aliphatic heterocycles. The third-order valence-corrected chi connectivity index (χ3v) is 2.52. The highest BCUT2D eigenvalue weighted by Gasteiger charge is 2.12. The molecule has 0 radical (unpaired) electrons. The fourth-order valence-electron chi connectivity index (χ4n) is 1.32. The van der Waals surface area contributed by atoms with E-state index in [0.29, 0.717) is 29.1 Å². The molecule has 0 spiro atoms. The maximum absolute atomic E-state index is 5.73. The van der Waals surface area contributed by atoms with E-state index in [1.54, 1.807) is 13.2 Å². The second-order valence-corrected chi connectivity index (χ2v) is 4.25. The predicted molar refractivity (Wildman–Crippen MR) is 65.6 cm³/mol. The number of methoxy groups -OCH3 is 1. The molecule has 0 amide bonds. The minimum absolute atomic E-state index is 0.117. The van der Waals surface area contributed by atoms with Gasteiger partial charge in [-0.2, -0.15) is 0 Å². The molecule has 16 heavy (non-hydrogen) atoms. The van der Waals surface area contributed by atoms with Crippen LogP contribution in [0.4, 0.5) is 11.5 Å². The molecule has 1 atom stereocenters. The molecular weight excluding hydrogens is 228 g/mol. The van der Waals surface area contributed by atoms with Crippen LogP contribution in [0.15, 0.2) is 6.07 Å². The lowest BCUT2D eigenvalue weighted by Gasteiger charge is -2.20. The van der Waals surface area contributed by atoms with Crippen LogP contribution in [-0.4, -0.2) is 30.0 Å². The van der Waals surface area contributed by atoms with E-state index in [4.69, 9.17) is 22.1 Å². The topological polar surface area (TPSA) is 73.1 Å². The van der Waals surface area contributed by atoms with E-state index in [-0.39, 0.29) is 6.10 Å². The lowest BCUT2D eigenvalue weighted by molar-refractivity contribution is 0.0755. The minimum Gasteiger partial charge on any atom is -0.380 e. The van der Waals surface area contributed by atoms with Crippen molar-refractivity contribution in [3.05, 3.63) is 11.2 Å². The van der Waals surface area contributed by atoms with E-state index in [9.17, 15) is 0 Å². The number of nitrogen functional groups attached to an aromatic ring is 1. The van der Waals surface area contributed by atoms with Crippen molar-refractivity contribution in [3.8, 4) is 0 Å². The van der Waals surface area contributed by atoms with Crippen LogP contribution in [0.3, 0.4) is 0 Å². The summed E-state index contributed by atoms with van der Waals surface area (Å²) in [6.45, 7) is 4.84. The van der Waals surface area contributed by atoms with Crippen LogP contribution in [0.25, 0.3) is 0 Å². The van der Waals surface area contributed by atoms with Crippen molar-refractivity contribution in [2.45, 2.75) is 20.0 Å². The molecule has 0 fully saturated rings. The van der Waals surface area contributed by atoms with E-state index in [2.05, 4.69) is 29.4 Å². The molecule has 0 saturated heterocycles. The lowest BCUT2D eigenvalue weighted by atomic mass is 10.1. The van der Waals surface area contributed by atoms with Gasteiger partial charge in [-0.1, -0.05) is 25.4 Å². The van der Waals surface area contributed by atoms with Gasteiger partial charge in [-0.15, -0.1) is 10.2 Å². The SMILES string of the molecule is COC(CNc1cc(Cl)nnc1N)C(C)C. The summed E-state index contributed by atoms with van der Waals surface area (Å²) in [5.41, 5.74) is 6.34. The highest BCUT2D eigenvalue weighted by atomic mass is 35.5. The van der Waals surface area contributed by atoms with E-state index in [1.807, 2.05) is 0 Å². The van der Waals surface area contributed by atoms with Crippen LogP contribution in [0.1, 0.15) is 13.8 Å². The third kappa shape index (κ3) is 3.50. The zero-order valence-corrected chi connectivity index (χ0v) is 10.5. The van der Waals surface area contributed by atoms with Crippen LogP contribution in [0.2, 0.25) is 5.15 Å². The highest BCUT2D eigenvalue weighted by Crippen LogP contribution is 2.18. The number of nitrogens with zero attached hydrogens (tertiary/aromatic N) is 2. The number of nitrogens with one attached hydrogen (secondary N) is 1. The Balaban J connectivity index is 2.63. The normalized spacial score (nSPS) is 12.8. The molecule has 5 nitrogen and oxygen atoms in total. The van der Waals surface area contributed by atoms with Crippen LogP contribution in [0.5, 0.6) is 0 Å². The smallest absolute Gasteiger partial charge is 0.169 e. The fraction of sp³-hybridized carbons (Fsp3) is 0.600. The first-order valence-electron chi connectivity index (χ1n) is 5.10. The summed E-state index contributed by atoms with van der Waals surface area (Å²) in [6, 6.07) is 1.65. The minimum atomic E-state index is 0.117. The summed E-state index contributed by atoms with van der Waals surface area (Å²) in [4.78, 5) is 0. The molecule has 1 aromatic rings. The number of rotatable bonds is 5. The van der Waals surface area contributed by atoms with Gasteiger partial charge < -0.3 is 15.8 Å². The Hall–Kier alpha value is -1.07. The Labute approximate surface area is 100 Å². The van der Waals surface area contributed by atoms with Gasteiger partial charge in [-0.05, 0) is 5.92 Å². The first-order chi connectivity index (χ1) is 7.54. The first kappa shape index (κ1) is 13.0. The molecule has 1 heterocycles. The average molecular weight is 245 g/mol. The second-order valence-electron chi connectivity index (χ2n) is 3.87. The van der Waals surface area contributed by atoms with Crippen molar-refractivity contribution >= 4 is 23.1 Å². The molecular formula is C10H17ClN4O. The Morgan fingerprint density at radius 2 is 2.19 bits per heavy atom. The summed E-state index contributed by atoms with van der Waals surface area (Å²) in [5, 5.41) is 10.8.